The number of hydrogen-bond acceptors (Lipinski definition) is 8. The fourth-order valence-corrected chi connectivity index (χ4v) is 6.34. The number of likely N-dealkylation sites (tertiary alicyclic amines) is 1. The van der Waals surface area contributed by atoms with Gasteiger partial charge in [-0.1, -0.05) is 6.07 Å². The molecule has 3 aliphatic heterocycles. The van der Waals surface area contributed by atoms with Gasteiger partial charge in [-0.25, -0.2) is 14.4 Å². The van der Waals surface area contributed by atoms with E-state index in [4.69, 9.17) is 9.47 Å². The zero-order valence-electron chi connectivity index (χ0n) is 22.5. The van der Waals surface area contributed by atoms with Crippen LogP contribution in [0.3, 0.4) is 0 Å². The lowest BCUT2D eigenvalue weighted by molar-refractivity contribution is -0.0136. The molecule has 3 aliphatic rings. The molecule has 0 saturated carbocycles. The van der Waals surface area contributed by atoms with E-state index in [2.05, 4.69) is 38.6 Å². The van der Waals surface area contributed by atoms with Crippen molar-refractivity contribution in [2.45, 2.75) is 69.9 Å². The van der Waals surface area contributed by atoms with E-state index in [0.717, 1.165) is 56.4 Å². The first-order chi connectivity index (χ1) is 18.8. The molecule has 3 fully saturated rings. The second-order valence-corrected chi connectivity index (χ2v) is 11.4. The van der Waals surface area contributed by atoms with Crippen molar-refractivity contribution in [2.24, 2.45) is 0 Å². The van der Waals surface area contributed by atoms with Gasteiger partial charge in [-0.2, -0.15) is 0 Å². The van der Waals surface area contributed by atoms with Gasteiger partial charge in [0.05, 0.1) is 36.1 Å². The molecule has 2 N–H and O–H groups in total. The molecule has 1 unspecified atom stereocenters. The van der Waals surface area contributed by atoms with Gasteiger partial charge in [0.1, 0.15) is 5.69 Å². The Morgan fingerprint density at radius 3 is 2.90 bits per heavy atom. The number of hydrogen-bond donors (Lipinski definition) is 2. The van der Waals surface area contributed by atoms with Crippen LogP contribution in [0.15, 0.2) is 35.3 Å². The first-order valence-corrected chi connectivity index (χ1v) is 13.9. The van der Waals surface area contributed by atoms with Crippen LogP contribution < -0.4 is 10.7 Å². The van der Waals surface area contributed by atoms with Gasteiger partial charge in [0.15, 0.2) is 11.2 Å². The summed E-state index contributed by atoms with van der Waals surface area (Å²) in [7, 11) is 0. The van der Waals surface area contributed by atoms with Gasteiger partial charge in [-0.15, -0.1) is 0 Å². The summed E-state index contributed by atoms with van der Waals surface area (Å²) in [5, 5.41) is 13.9. The molecule has 208 valence electrons. The Hall–Kier alpha value is -2.92. The monoisotopic (exact) mass is 537 g/mol. The van der Waals surface area contributed by atoms with Crippen molar-refractivity contribution in [3.8, 4) is 11.3 Å². The molecular formula is C29H36FN5O4. The molecule has 3 saturated heterocycles. The first-order valence-electron chi connectivity index (χ1n) is 13.9. The molecule has 3 aromatic rings. The van der Waals surface area contributed by atoms with Crippen molar-refractivity contribution < 1.29 is 19.0 Å². The summed E-state index contributed by atoms with van der Waals surface area (Å²) in [6.07, 6.45) is 4.26. The number of halogens is 1. The van der Waals surface area contributed by atoms with Crippen LogP contribution >= 0.6 is 0 Å². The summed E-state index contributed by atoms with van der Waals surface area (Å²) >= 11 is 0. The summed E-state index contributed by atoms with van der Waals surface area (Å²) < 4.78 is 28.6. The second-order valence-electron chi connectivity index (χ2n) is 11.4. The molecule has 2 aromatic heterocycles. The van der Waals surface area contributed by atoms with Gasteiger partial charge in [-0.3, -0.25) is 9.69 Å². The summed E-state index contributed by atoms with van der Waals surface area (Å²) in [6.45, 7) is 8.24. The van der Waals surface area contributed by atoms with Crippen LogP contribution in [0, 0.1) is 5.82 Å². The SMILES string of the molecule is CC(C)n1c(CN2CCC3(CCCO3)C2)cc(=O)c2ccc(-c3nc(N[C@@H]4CCOC[C@H]4O)ncc3F)cc21. The van der Waals surface area contributed by atoms with Crippen LogP contribution in [-0.4, -0.2) is 75.2 Å². The fraction of sp³-hybridized carbons (Fsp3) is 0.552. The molecule has 1 aromatic carbocycles. The van der Waals surface area contributed by atoms with Gasteiger partial charge in [0.25, 0.3) is 0 Å². The number of benzene rings is 1. The minimum Gasteiger partial charge on any atom is -0.389 e. The van der Waals surface area contributed by atoms with Crippen LogP contribution in [0.4, 0.5) is 10.3 Å². The van der Waals surface area contributed by atoms with Gasteiger partial charge in [0, 0.05) is 61.6 Å². The van der Waals surface area contributed by atoms with E-state index in [0.29, 0.717) is 30.5 Å². The number of rotatable bonds is 6. The number of nitrogens with one attached hydrogen (secondary N) is 1. The normalized spacial score (nSPS) is 25.8. The number of aliphatic hydroxyl groups excluding tert-OH is 1. The highest BCUT2D eigenvalue weighted by Gasteiger charge is 2.41. The molecule has 5 heterocycles. The lowest BCUT2D eigenvalue weighted by atomic mass is 10.00. The van der Waals surface area contributed by atoms with E-state index >= 15 is 4.39 Å². The third-order valence-electron chi connectivity index (χ3n) is 8.27. The highest BCUT2D eigenvalue weighted by molar-refractivity contribution is 5.84. The third kappa shape index (κ3) is 5.18. The summed E-state index contributed by atoms with van der Waals surface area (Å²) in [4.78, 5) is 24.2. The molecule has 0 radical (unpaired) electrons. The molecule has 3 atom stereocenters. The largest absolute Gasteiger partial charge is 0.389 e. The van der Waals surface area contributed by atoms with Gasteiger partial charge >= 0.3 is 0 Å². The minimum atomic E-state index is -0.693. The molecule has 39 heavy (non-hydrogen) atoms. The lowest BCUT2D eigenvalue weighted by Crippen LogP contribution is -2.42. The van der Waals surface area contributed by atoms with Crippen molar-refractivity contribution in [3.63, 3.8) is 0 Å². The number of anilines is 1. The molecule has 6 rings (SSSR count). The number of ether oxygens (including phenoxy) is 2. The van der Waals surface area contributed by atoms with Crippen LogP contribution in [0.1, 0.15) is 51.3 Å². The summed E-state index contributed by atoms with van der Waals surface area (Å²) in [5.74, 6) is -0.314. The van der Waals surface area contributed by atoms with Crippen molar-refractivity contribution in [2.75, 3.05) is 38.2 Å². The maximum absolute atomic E-state index is 15.0. The predicted octanol–water partition coefficient (Wildman–Crippen LogP) is 3.50. The van der Waals surface area contributed by atoms with Crippen molar-refractivity contribution in [1.82, 2.24) is 19.4 Å². The Kier molecular flexibility index (Phi) is 7.13. The van der Waals surface area contributed by atoms with Crippen LogP contribution in [-0.2, 0) is 16.0 Å². The zero-order chi connectivity index (χ0) is 27.1. The van der Waals surface area contributed by atoms with E-state index in [9.17, 15) is 9.90 Å². The van der Waals surface area contributed by atoms with Crippen molar-refractivity contribution >= 4 is 16.9 Å². The highest BCUT2D eigenvalue weighted by atomic mass is 19.1. The van der Waals surface area contributed by atoms with Crippen molar-refractivity contribution in [3.05, 3.63) is 52.2 Å². The fourth-order valence-electron chi connectivity index (χ4n) is 6.34. The quantitative estimate of drug-likeness (QED) is 0.493. The van der Waals surface area contributed by atoms with E-state index in [1.165, 1.54) is 0 Å². The zero-order valence-corrected chi connectivity index (χ0v) is 22.5. The summed E-state index contributed by atoms with van der Waals surface area (Å²) in [6, 6.07) is 6.89. The van der Waals surface area contributed by atoms with Crippen LogP contribution in [0.5, 0.6) is 0 Å². The third-order valence-corrected chi connectivity index (χ3v) is 8.27. The van der Waals surface area contributed by atoms with E-state index in [-0.39, 0.29) is 41.4 Å². The standard InChI is InChI=1S/C29H36FN5O4/c1-18(2)35-20(15-34-9-8-29(17-34)7-3-10-39-29)13-25(36)21-5-4-19(12-24(21)35)27-22(30)14-31-28(33-27)32-23-6-11-38-16-26(23)37/h4-5,12-14,18,23,26,37H,3,6-11,15-17H2,1-2H3,(H,31,32,33)/t23-,26-,29?/m1/s1. The number of aromatic nitrogens is 3. The number of fused-ring (bicyclic) bond motifs is 1. The van der Waals surface area contributed by atoms with E-state index < -0.39 is 11.9 Å². The molecule has 0 bridgehead atoms. The van der Waals surface area contributed by atoms with Gasteiger partial charge in [-0.05, 0) is 51.7 Å². The summed E-state index contributed by atoms with van der Waals surface area (Å²) in [5.41, 5.74) is 2.31. The molecule has 10 heteroatoms. The topological polar surface area (TPSA) is 102 Å². The lowest BCUT2D eigenvalue weighted by Gasteiger charge is -2.28. The Balaban J connectivity index is 1.35. The maximum atomic E-state index is 15.0. The number of pyridine rings is 1. The Bertz CT molecular complexity index is 1420. The Labute approximate surface area is 227 Å². The van der Waals surface area contributed by atoms with Crippen LogP contribution in [0.25, 0.3) is 22.2 Å². The number of aliphatic hydroxyl groups is 1. The minimum absolute atomic E-state index is 0.0377. The number of nitrogens with zero attached hydrogens (tertiary/aromatic N) is 4. The average Bonchev–Trinajstić information content (AvgIpc) is 3.54. The van der Waals surface area contributed by atoms with Gasteiger partial charge in [0.2, 0.25) is 5.95 Å². The molecule has 1 spiro atoms. The Morgan fingerprint density at radius 2 is 2.13 bits per heavy atom. The maximum Gasteiger partial charge on any atom is 0.223 e. The second kappa shape index (κ2) is 10.6. The molecular weight excluding hydrogens is 501 g/mol. The first kappa shape index (κ1) is 26.3. The molecule has 9 nitrogen and oxygen atoms in total. The molecule has 0 amide bonds. The van der Waals surface area contributed by atoms with Crippen molar-refractivity contribution in [1.29, 1.82) is 0 Å². The average molecular weight is 538 g/mol. The Morgan fingerprint density at radius 1 is 1.26 bits per heavy atom. The van der Waals surface area contributed by atoms with E-state index in [1.54, 1.807) is 18.2 Å². The van der Waals surface area contributed by atoms with Crippen LogP contribution in [0.2, 0.25) is 0 Å². The predicted molar refractivity (Wildman–Crippen MR) is 146 cm³/mol. The van der Waals surface area contributed by atoms with Gasteiger partial charge < -0.3 is 24.5 Å². The highest BCUT2D eigenvalue weighted by Crippen LogP contribution is 2.36. The van der Waals surface area contributed by atoms with E-state index in [1.807, 2.05) is 6.07 Å². The smallest absolute Gasteiger partial charge is 0.223 e. The molecule has 0 aliphatic carbocycles.